The first-order valence-corrected chi connectivity index (χ1v) is 9.08. The molecule has 0 saturated heterocycles. The van der Waals surface area contributed by atoms with Crippen molar-refractivity contribution in [3.8, 4) is 0 Å². The molecule has 0 radical (unpaired) electrons. The number of nitrogens with one attached hydrogen (secondary N) is 1. The van der Waals surface area contributed by atoms with Crippen LogP contribution in [0, 0.1) is 0 Å². The molecule has 8 nitrogen and oxygen atoms in total. The van der Waals surface area contributed by atoms with E-state index in [0.717, 1.165) is 16.5 Å². The highest BCUT2D eigenvalue weighted by molar-refractivity contribution is 6.30. The molecule has 1 aromatic carbocycles. The number of halogens is 1. The van der Waals surface area contributed by atoms with Crippen LogP contribution in [-0.4, -0.2) is 26.7 Å². The molecule has 4 aromatic rings. The van der Waals surface area contributed by atoms with Crippen LogP contribution in [0.15, 0.2) is 66.0 Å². The zero-order valence-corrected chi connectivity index (χ0v) is 16.1. The lowest BCUT2D eigenvalue weighted by Gasteiger charge is -2.19. The van der Waals surface area contributed by atoms with E-state index in [1.54, 1.807) is 30.7 Å². The van der Waals surface area contributed by atoms with Gasteiger partial charge in [0, 0.05) is 17.8 Å². The number of nitrogens with two attached hydrogens (primary N) is 1. The predicted octanol–water partition coefficient (Wildman–Crippen LogP) is 4.03. The molecule has 0 aliphatic carbocycles. The van der Waals surface area contributed by atoms with Gasteiger partial charge in [-0.05, 0) is 42.6 Å². The fourth-order valence-electron chi connectivity index (χ4n) is 2.81. The van der Waals surface area contributed by atoms with Crippen LogP contribution in [0.3, 0.4) is 0 Å². The molecule has 0 aliphatic heterocycles. The summed E-state index contributed by atoms with van der Waals surface area (Å²) >= 11 is 5.87. The summed E-state index contributed by atoms with van der Waals surface area (Å²) in [5.41, 5.74) is 1.93. The number of fused-ring (bicyclic) bond motifs is 1. The maximum Gasteiger partial charge on any atom is 0.196 e. The summed E-state index contributed by atoms with van der Waals surface area (Å²) in [7, 11) is 0. The highest BCUT2D eigenvalue weighted by Gasteiger charge is 2.13. The van der Waals surface area contributed by atoms with E-state index in [9.17, 15) is 0 Å². The van der Waals surface area contributed by atoms with E-state index in [4.69, 9.17) is 17.4 Å². The van der Waals surface area contributed by atoms with E-state index in [1.807, 2.05) is 30.3 Å². The van der Waals surface area contributed by atoms with Crippen LogP contribution in [0.5, 0.6) is 0 Å². The molecule has 3 N–H and O–H groups in total. The van der Waals surface area contributed by atoms with Crippen LogP contribution in [0.2, 0.25) is 5.02 Å². The number of pyridine rings is 2. The Labute approximate surface area is 172 Å². The van der Waals surface area contributed by atoms with Crippen molar-refractivity contribution >= 4 is 52.5 Å². The van der Waals surface area contributed by atoms with Gasteiger partial charge in [-0.25, -0.2) is 25.8 Å². The zero-order valence-electron chi connectivity index (χ0n) is 15.3. The Morgan fingerprint density at radius 3 is 2.76 bits per heavy atom. The van der Waals surface area contributed by atoms with Crippen molar-refractivity contribution in [3.05, 3.63) is 71.6 Å². The molecule has 0 aliphatic rings. The average Bonchev–Trinajstić information content (AvgIpc) is 2.75. The normalized spacial score (nSPS) is 10.7. The molecule has 0 saturated carbocycles. The lowest BCUT2D eigenvalue weighted by Crippen LogP contribution is -2.31. The summed E-state index contributed by atoms with van der Waals surface area (Å²) in [5.74, 6) is 8.08. The lowest BCUT2D eigenvalue weighted by atomic mass is 10.1. The number of hydrazine groups is 1. The van der Waals surface area contributed by atoms with E-state index in [2.05, 4.69) is 37.0 Å². The number of aromatic nitrogens is 4. The summed E-state index contributed by atoms with van der Waals surface area (Å²) < 4.78 is 0. The van der Waals surface area contributed by atoms with Gasteiger partial charge < -0.3 is 5.32 Å². The summed E-state index contributed by atoms with van der Waals surface area (Å²) in [5, 5.41) is 6.14. The van der Waals surface area contributed by atoms with E-state index in [1.165, 1.54) is 5.01 Å². The molecule has 4 rings (SSSR count). The highest BCUT2D eigenvalue weighted by Crippen LogP contribution is 2.26. The first-order valence-electron chi connectivity index (χ1n) is 8.70. The average molecular weight is 405 g/mol. The summed E-state index contributed by atoms with van der Waals surface area (Å²) in [6.45, 7) is 3.96. The van der Waals surface area contributed by atoms with Crippen molar-refractivity contribution in [1.82, 2.24) is 19.9 Å². The fraction of sp³-hybridized carbons (Fsp3) is 0.0500. The molecule has 0 atom stereocenters. The third kappa shape index (κ3) is 4.29. The van der Waals surface area contributed by atoms with Crippen molar-refractivity contribution in [3.63, 3.8) is 0 Å². The molecule has 0 spiro atoms. The summed E-state index contributed by atoms with van der Waals surface area (Å²) in [6.07, 6.45) is 4.85. The number of nitrogens with zero attached hydrogens (tertiary/aromatic N) is 6. The molecular weight excluding hydrogens is 388 g/mol. The van der Waals surface area contributed by atoms with Crippen molar-refractivity contribution in [1.29, 1.82) is 0 Å². The molecule has 0 amide bonds. The van der Waals surface area contributed by atoms with Gasteiger partial charge in [0.2, 0.25) is 0 Å². The minimum Gasteiger partial charge on any atom is -0.324 e. The lowest BCUT2D eigenvalue weighted by molar-refractivity contribution is 0.829. The number of anilines is 3. The minimum absolute atomic E-state index is 0.338. The van der Waals surface area contributed by atoms with E-state index in [0.29, 0.717) is 34.8 Å². The van der Waals surface area contributed by atoms with Gasteiger partial charge in [-0.2, -0.15) is 0 Å². The third-order valence-corrected chi connectivity index (χ3v) is 4.38. The summed E-state index contributed by atoms with van der Waals surface area (Å²) in [4.78, 5) is 21.3. The molecule has 3 aromatic heterocycles. The van der Waals surface area contributed by atoms with Crippen LogP contribution < -0.4 is 16.2 Å². The molecule has 29 heavy (non-hydrogen) atoms. The number of benzene rings is 1. The molecule has 9 heteroatoms. The molecule has 0 fully saturated rings. The number of aliphatic imine (C=N–C) groups is 1. The number of hydrogen-bond donors (Lipinski definition) is 2. The topological polar surface area (TPSA) is 105 Å². The van der Waals surface area contributed by atoms with Gasteiger partial charge in [-0.15, -0.1) is 0 Å². The molecule has 0 unspecified atom stereocenters. The zero-order chi connectivity index (χ0) is 20.2. The quantitative estimate of drug-likeness (QED) is 0.284. The van der Waals surface area contributed by atoms with Gasteiger partial charge in [-0.3, -0.25) is 9.99 Å². The Hall–Kier alpha value is -3.62. The molecular formula is C20H17ClN8. The van der Waals surface area contributed by atoms with Crippen LogP contribution in [0.25, 0.3) is 10.9 Å². The first kappa shape index (κ1) is 18.7. The minimum atomic E-state index is 0.338. The predicted molar refractivity (Wildman–Crippen MR) is 116 cm³/mol. The number of hydrogen-bond acceptors (Lipinski definition) is 8. The second-order valence-corrected chi connectivity index (χ2v) is 6.64. The van der Waals surface area contributed by atoms with Gasteiger partial charge in [0.05, 0.1) is 23.3 Å². The largest absolute Gasteiger partial charge is 0.324 e. The highest BCUT2D eigenvalue weighted by atomic mass is 35.5. The van der Waals surface area contributed by atoms with Gasteiger partial charge in [-0.1, -0.05) is 23.7 Å². The molecule has 144 valence electrons. The Balaban J connectivity index is 1.59. The van der Waals surface area contributed by atoms with Gasteiger partial charge in [0.1, 0.15) is 5.82 Å². The van der Waals surface area contributed by atoms with Crippen molar-refractivity contribution in [2.75, 3.05) is 10.3 Å². The Kier molecular flexibility index (Phi) is 5.28. The maximum absolute atomic E-state index is 6.30. The van der Waals surface area contributed by atoms with Crippen LogP contribution in [-0.2, 0) is 6.54 Å². The Morgan fingerprint density at radius 2 is 1.97 bits per heavy atom. The van der Waals surface area contributed by atoms with Crippen molar-refractivity contribution in [2.45, 2.75) is 6.54 Å². The molecule has 3 heterocycles. The second-order valence-electron chi connectivity index (χ2n) is 6.21. The van der Waals surface area contributed by atoms with Crippen LogP contribution in [0.1, 0.15) is 5.56 Å². The fourth-order valence-corrected chi connectivity index (χ4v) is 2.93. The van der Waals surface area contributed by atoms with E-state index in [-0.39, 0.29) is 0 Å². The van der Waals surface area contributed by atoms with Crippen molar-refractivity contribution in [2.24, 2.45) is 10.8 Å². The van der Waals surface area contributed by atoms with Crippen molar-refractivity contribution < 1.29 is 0 Å². The standard InChI is InChI=1S/C20H17ClN8/c1-23-19-20(28-18(11-26-19)27-17-7-5-15(21)10-25-17)29(22)12-13-4-6-16-14(9-13)3-2-8-24-16/h2-11H,1,12,22H2,(H,25,27,28). The first-order chi connectivity index (χ1) is 14.1. The van der Waals surface area contributed by atoms with Gasteiger partial charge in [0.25, 0.3) is 0 Å². The van der Waals surface area contributed by atoms with Gasteiger partial charge in [0.15, 0.2) is 17.5 Å². The monoisotopic (exact) mass is 404 g/mol. The van der Waals surface area contributed by atoms with E-state index >= 15 is 0 Å². The smallest absolute Gasteiger partial charge is 0.196 e. The Bertz CT molecular complexity index is 1160. The third-order valence-electron chi connectivity index (χ3n) is 4.16. The van der Waals surface area contributed by atoms with Crippen LogP contribution >= 0.6 is 11.6 Å². The second kappa shape index (κ2) is 8.17. The SMILES string of the molecule is C=Nc1ncc(Nc2ccc(Cl)cn2)nc1N(N)Cc1ccc2ncccc2c1. The Morgan fingerprint density at radius 1 is 1.07 bits per heavy atom. The summed E-state index contributed by atoms with van der Waals surface area (Å²) in [6, 6.07) is 13.4. The number of rotatable bonds is 6. The van der Waals surface area contributed by atoms with Gasteiger partial charge >= 0.3 is 0 Å². The molecule has 0 bridgehead atoms. The van der Waals surface area contributed by atoms with E-state index < -0.39 is 0 Å². The maximum atomic E-state index is 6.30. The van der Waals surface area contributed by atoms with Crippen LogP contribution in [0.4, 0.5) is 23.3 Å².